The Morgan fingerprint density at radius 2 is 2.19 bits per heavy atom. The van der Waals surface area contributed by atoms with Crippen molar-refractivity contribution in [2.24, 2.45) is 5.92 Å². The largest absolute Gasteiger partial charge is 0.393 e. The average Bonchev–Trinajstić information content (AvgIpc) is 2.82. The Morgan fingerprint density at radius 3 is 2.75 bits per heavy atom. The van der Waals surface area contributed by atoms with E-state index in [1.807, 2.05) is 6.92 Å². The van der Waals surface area contributed by atoms with E-state index in [0.29, 0.717) is 12.0 Å². The van der Waals surface area contributed by atoms with E-state index in [2.05, 4.69) is 12.2 Å². The fourth-order valence-corrected chi connectivity index (χ4v) is 2.34. The first-order valence-corrected chi connectivity index (χ1v) is 6.77. The van der Waals surface area contributed by atoms with Gasteiger partial charge in [0.2, 0.25) is 0 Å². The molecule has 1 rings (SSSR count). The van der Waals surface area contributed by atoms with Crippen LogP contribution in [0.5, 0.6) is 0 Å². The standard InChI is InChI=1S/C13H27NO2/c1-3-12(15)6-5-8-14-13(4-2)11-7-9-16-10-11/h11-15H,3-10H2,1-2H3. The minimum Gasteiger partial charge on any atom is -0.393 e. The van der Waals surface area contributed by atoms with Crippen molar-refractivity contribution in [3.63, 3.8) is 0 Å². The van der Waals surface area contributed by atoms with E-state index >= 15 is 0 Å². The van der Waals surface area contributed by atoms with Crippen molar-refractivity contribution < 1.29 is 9.84 Å². The Hall–Kier alpha value is -0.120. The molecule has 96 valence electrons. The molecule has 0 saturated carbocycles. The monoisotopic (exact) mass is 229 g/mol. The molecule has 3 unspecified atom stereocenters. The molecule has 3 heteroatoms. The third kappa shape index (κ3) is 4.81. The number of ether oxygens (including phenoxy) is 1. The molecule has 1 aliphatic heterocycles. The molecule has 1 heterocycles. The summed E-state index contributed by atoms with van der Waals surface area (Å²) < 4.78 is 5.42. The molecule has 0 aliphatic carbocycles. The Kier molecular flexibility index (Phi) is 7.01. The number of rotatable bonds is 8. The molecule has 1 saturated heterocycles. The van der Waals surface area contributed by atoms with Crippen LogP contribution in [0.4, 0.5) is 0 Å². The van der Waals surface area contributed by atoms with Gasteiger partial charge in [0.05, 0.1) is 12.7 Å². The summed E-state index contributed by atoms with van der Waals surface area (Å²) in [6.07, 6.45) is 5.11. The van der Waals surface area contributed by atoms with Crippen LogP contribution in [0.1, 0.15) is 46.0 Å². The molecular formula is C13H27NO2. The van der Waals surface area contributed by atoms with Crippen molar-refractivity contribution in [1.29, 1.82) is 0 Å². The summed E-state index contributed by atoms with van der Waals surface area (Å²) in [5, 5.41) is 13.0. The fraction of sp³-hybridized carbons (Fsp3) is 1.00. The zero-order valence-electron chi connectivity index (χ0n) is 10.7. The predicted octanol–water partition coefficient (Wildman–Crippen LogP) is 1.94. The zero-order chi connectivity index (χ0) is 11.8. The summed E-state index contributed by atoms with van der Waals surface area (Å²) in [4.78, 5) is 0. The lowest BCUT2D eigenvalue weighted by Crippen LogP contribution is -2.36. The Bertz CT molecular complexity index is 169. The van der Waals surface area contributed by atoms with Crippen LogP contribution in [0.3, 0.4) is 0 Å². The van der Waals surface area contributed by atoms with E-state index in [9.17, 15) is 5.11 Å². The average molecular weight is 229 g/mol. The highest BCUT2D eigenvalue weighted by Gasteiger charge is 2.23. The topological polar surface area (TPSA) is 41.5 Å². The van der Waals surface area contributed by atoms with Crippen molar-refractivity contribution in [2.75, 3.05) is 19.8 Å². The molecule has 1 fully saturated rings. The number of nitrogens with one attached hydrogen (secondary N) is 1. The first kappa shape index (κ1) is 13.9. The molecule has 0 bridgehead atoms. The fourth-order valence-electron chi connectivity index (χ4n) is 2.34. The van der Waals surface area contributed by atoms with Gasteiger partial charge in [0.15, 0.2) is 0 Å². The third-order valence-corrected chi connectivity index (χ3v) is 3.57. The minimum absolute atomic E-state index is 0.114. The van der Waals surface area contributed by atoms with Crippen LogP contribution in [0.15, 0.2) is 0 Å². The molecule has 3 atom stereocenters. The Labute approximate surface area is 99.6 Å². The Morgan fingerprint density at radius 1 is 1.38 bits per heavy atom. The van der Waals surface area contributed by atoms with Crippen molar-refractivity contribution in [3.05, 3.63) is 0 Å². The molecule has 0 aromatic rings. The summed E-state index contributed by atoms with van der Waals surface area (Å²) in [7, 11) is 0. The summed E-state index contributed by atoms with van der Waals surface area (Å²) >= 11 is 0. The number of hydrogen-bond acceptors (Lipinski definition) is 3. The SMILES string of the molecule is CCC(O)CCCNC(CC)C1CCOC1. The highest BCUT2D eigenvalue weighted by Crippen LogP contribution is 2.18. The lowest BCUT2D eigenvalue weighted by atomic mass is 9.96. The molecule has 3 nitrogen and oxygen atoms in total. The summed E-state index contributed by atoms with van der Waals surface area (Å²) in [6.45, 7) is 7.13. The summed E-state index contributed by atoms with van der Waals surface area (Å²) in [6, 6.07) is 0.598. The molecule has 0 aromatic carbocycles. The van der Waals surface area contributed by atoms with Gasteiger partial charge in [-0.1, -0.05) is 13.8 Å². The van der Waals surface area contributed by atoms with Gasteiger partial charge < -0.3 is 15.2 Å². The van der Waals surface area contributed by atoms with Crippen LogP contribution < -0.4 is 5.32 Å². The first-order chi connectivity index (χ1) is 7.77. The number of hydrogen-bond donors (Lipinski definition) is 2. The maximum atomic E-state index is 9.44. The van der Waals surface area contributed by atoms with Crippen LogP contribution in [0, 0.1) is 5.92 Å². The van der Waals surface area contributed by atoms with Crippen LogP contribution >= 0.6 is 0 Å². The smallest absolute Gasteiger partial charge is 0.0538 e. The van der Waals surface area contributed by atoms with E-state index < -0.39 is 0 Å². The van der Waals surface area contributed by atoms with Gasteiger partial charge in [-0.2, -0.15) is 0 Å². The molecule has 0 aromatic heterocycles. The van der Waals surface area contributed by atoms with E-state index in [1.54, 1.807) is 0 Å². The van der Waals surface area contributed by atoms with Crippen molar-refractivity contribution in [3.8, 4) is 0 Å². The molecule has 0 spiro atoms. The maximum Gasteiger partial charge on any atom is 0.0538 e. The molecule has 2 N–H and O–H groups in total. The highest BCUT2D eigenvalue weighted by molar-refractivity contribution is 4.78. The second-order valence-corrected chi connectivity index (χ2v) is 4.80. The van der Waals surface area contributed by atoms with Crippen molar-refractivity contribution >= 4 is 0 Å². The third-order valence-electron chi connectivity index (χ3n) is 3.57. The molecule has 16 heavy (non-hydrogen) atoms. The second-order valence-electron chi connectivity index (χ2n) is 4.80. The van der Waals surface area contributed by atoms with Crippen LogP contribution in [0.2, 0.25) is 0 Å². The quantitative estimate of drug-likeness (QED) is 0.625. The lowest BCUT2D eigenvalue weighted by molar-refractivity contribution is 0.155. The maximum absolute atomic E-state index is 9.44. The summed E-state index contributed by atoms with van der Waals surface area (Å²) in [5.74, 6) is 0.695. The molecular weight excluding hydrogens is 202 g/mol. The molecule has 1 aliphatic rings. The van der Waals surface area contributed by atoms with Crippen LogP contribution in [0.25, 0.3) is 0 Å². The first-order valence-electron chi connectivity index (χ1n) is 6.77. The lowest BCUT2D eigenvalue weighted by Gasteiger charge is -2.22. The zero-order valence-corrected chi connectivity index (χ0v) is 10.7. The molecule has 0 radical (unpaired) electrons. The van der Waals surface area contributed by atoms with E-state index in [-0.39, 0.29) is 6.10 Å². The predicted molar refractivity (Wildman–Crippen MR) is 66.5 cm³/mol. The Balaban J connectivity index is 2.09. The van der Waals surface area contributed by atoms with Gasteiger partial charge >= 0.3 is 0 Å². The van der Waals surface area contributed by atoms with Gasteiger partial charge in [-0.3, -0.25) is 0 Å². The number of aliphatic hydroxyl groups is 1. The highest BCUT2D eigenvalue weighted by atomic mass is 16.5. The minimum atomic E-state index is -0.114. The molecule has 0 amide bonds. The van der Waals surface area contributed by atoms with Crippen molar-refractivity contribution in [2.45, 2.75) is 58.1 Å². The van der Waals surface area contributed by atoms with Gasteiger partial charge in [-0.25, -0.2) is 0 Å². The van der Waals surface area contributed by atoms with Gasteiger partial charge in [0, 0.05) is 12.6 Å². The van der Waals surface area contributed by atoms with Crippen LogP contribution in [-0.2, 0) is 4.74 Å². The van der Waals surface area contributed by atoms with E-state index in [4.69, 9.17) is 4.74 Å². The van der Waals surface area contributed by atoms with E-state index in [0.717, 1.165) is 39.0 Å². The van der Waals surface area contributed by atoms with Gasteiger partial charge in [-0.05, 0) is 44.6 Å². The van der Waals surface area contributed by atoms with Gasteiger partial charge in [0.25, 0.3) is 0 Å². The number of aliphatic hydroxyl groups excluding tert-OH is 1. The summed E-state index contributed by atoms with van der Waals surface area (Å²) in [5.41, 5.74) is 0. The van der Waals surface area contributed by atoms with Crippen LogP contribution in [-0.4, -0.2) is 37.0 Å². The van der Waals surface area contributed by atoms with E-state index in [1.165, 1.54) is 12.8 Å². The normalized spacial score (nSPS) is 24.6. The van der Waals surface area contributed by atoms with Gasteiger partial charge in [-0.15, -0.1) is 0 Å². The second kappa shape index (κ2) is 8.04. The van der Waals surface area contributed by atoms with Gasteiger partial charge in [0.1, 0.15) is 0 Å². The van der Waals surface area contributed by atoms with Crippen molar-refractivity contribution in [1.82, 2.24) is 5.32 Å².